The lowest BCUT2D eigenvalue weighted by Gasteiger charge is -2.38. The molecule has 5 heteroatoms. The molecule has 0 atom stereocenters. The Morgan fingerprint density at radius 2 is 1.95 bits per heavy atom. The molecule has 0 spiro atoms. The first-order valence-corrected chi connectivity index (χ1v) is 7.99. The molecule has 1 saturated carbocycles. The van der Waals surface area contributed by atoms with E-state index in [0.717, 1.165) is 11.4 Å². The second-order valence-electron chi connectivity index (χ2n) is 6.92. The number of benzene rings is 1. The highest BCUT2D eigenvalue weighted by molar-refractivity contribution is 6.10. The Bertz CT molecular complexity index is 591. The number of hydrogen-bond acceptors (Lipinski definition) is 2. The Morgan fingerprint density at radius 3 is 2.68 bits per heavy atom. The van der Waals surface area contributed by atoms with Crippen LogP contribution in [0.15, 0.2) is 24.3 Å². The predicted octanol–water partition coefficient (Wildman–Crippen LogP) is 1.99. The van der Waals surface area contributed by atoms with Crippen molar-refractivity contribution in [3.8, 4) is 0 Å². The van der Waals surface area contributed by atoms with Crippen LogP contribution in [0.1, 0.15) is 25.7 Å². The van der Waals surface area contributed by atoms with Gasteiger partial charge in [-0.25, -0.2) is 0 Å². The Morgan fingerprint density at radius 1 is 1.27 bits per heavy atom. The second-order valence-corrected chi connectivity index (χ2v) is 6.92. The van der Waals surface area contributed by atoms with Crippen LogP contribution in [0.5, 0.6) is 0 Å². The lowest BCUT2D eigenvalue weighted by atomic mass is 10.1. The molecule has 3 rings (SSSR count). The van der Waals surface area contributed by atoms with E-state index in [1.807, 2.05) is 24.3 Å². The third-order valence-corrected chi connectivity index (χ3v) is 4.93. The molecular formula is C17H24N3O2+. The maximum absolute atomic E-state index is 12.8. The number of nitrogens with zero attached hydrogens (tertiary/aromatic N) is 2. The minimum Gasteiger partial charge on any atom is -0.323 e. The monoisotopic (exact) mass is 302 g/mol. The molecule has 5 nitrogen and oxygen atoms in total. The number of hydrogen-bond donors (Lipinski definition) is 1. The summed E-state index contributed by atoms with van der Waals surface area (Å²) in [6, 6.07) is 8.04. The SMILES string of the molecule is C[N+](C)(CC(=O)N1CC(=O)Nc2ccccc21)C1CCCC1. The Balaban J connectivity index is 1.79. The van der Waals surface area contributed by atoms with Crippen molar-refractivity contribution in [1.82, 2.24) is 0 Å². The minimum atomic E-state index is -0.127. The van der Waals surface area contributed by atoms with Gasteiger partial charge < -0.3 is 9.80 Å². The summed E-state index contributed by atoms with van der Waals surface area (Å²) in [5.74, 6) is -0.0996. The topological polar surface area (TPSA) is 49.4 Å². The molecule has 0 unspecified atom stereocenters. The summed E-state index contributed by atoms with van der Waals surface area (Å²) in [6.07, 6.45) is 4.90. The summed E-state index contributed by atoms with van der Waals surface area (Å²) in [7, 11) is 4.26. The molecule has 1 fully saturated rings. The summed E-state index contributed by atoms with van der Waals surface area (Å²) in [6.45, 7) is 0.548. The van der Waals surface area contributed by atoms with E-state index in [4.69, 9.17) is 0 Å². The third-order valence-electron chi connectivity index (χ3n) is 4.93. The Labute approximate surface area is 131 Å². The van der Waals surface area contributed by atoms with Crippen LogP contribution in [-0.2, 0) is 9.59 Å². The largest absolute Gasteiger partial charge is 0.323 e. The number of anilines is 2. The standard InChI is InChI=1S/C17H23N3O2/c1-20(2,13-7-3-4-8-13)12-17(22)19-11-16(21)18-14-9-5-6-10-15(14)19/h5-6,9-10,13H,3-4,7-8,11-12H2,1-2H3/p+1. The van der Waals surface area contributed by atoms with Crippen molar-refractivity contribution in [2.45, 2.75) is 31.7 Å². The van der Waals surface area contributed by atoms with Crippen LogP contribution in [0.25, 0.3) is 0 Å². The predicted molar refractivity (Wildman–Crippen MR) is 86.7 cm³/mol. The first-order chi connectivity index (χ1) is 10.5. The summed E-state index contributed by atoms with van der Waals surface area (Å²) < 4.78 is 0.707. The van der Waals surface area contributed by atoms with E-state index in [2.05, 4.69) is 19.4 Å². The average Bonchev–Trinajstić information content (AvgIpc) is 3.01. The van der Waals surface area contributed by atoms with Crippen LogP contribution < -0.4 is 10.2 Å². The average molecular weight is 302 g/mol. The van der Waals surface area contributed by atoms with Gasteiger partial charge in [0.05, 0.1) is 31.5 Å². The van der Waals surface area contributed by atoms with E-state index < -0.39 is 0 Å². The molecule has 0 radical (unpaired) electrons. The molecule has 2 amide bonds. The number of carbonyl (C=O) groups is 2. The van der Waals surface area contributed by atoms with Crippen LogP contribution in [0.3, 0.4) is 0 Å². The van der Waals surface area contributed by atoms with Crippen LogP contribution in [0, 0.1) is 0 Å². The molecule has 1 aliphatic carbocycles. The molecule has 1 N–H and O–H groups in total. The minimum absolute atomic E-state index is 0.0270. The van der Waals surface area contributed by atoms with E-state index in [1.54, 1.807) is 4.90 Å². The molecule has 0 saturated heterocycles. The van der Waals surface area contributed by atoms with Gasteiger partial charge in [0, 0.05) is 0 Å². The second kappa shape index (κ2) is 5.72. The molecule has 1 aliphatic heterocycles. The first kappa shape index (κ1) is 15.0. The van der Waals surface area contributed by atoms with Crippen molar-refractivity contribution in [3.05, 3.63) is 24.3 Å². The number of rotatable bonds is 3. The normalized spacial score (nSPS) is 19.0. The van der Waals surface area contributed by atoms with Crippen molar-refractivity contribution >= 4 is 23.2 Å². The molecular weight excluding hydrogens is 278 g/mol. The molecule has 1 aromatic rings. The van der Waals surface area contributed by atoms with E-state index in [9.17, 15) is 9.59 Å². The zero-order chi connectivity index (χ0) is 15.7. The highest BCUT2D eigenvalue weighted by atomic mass is 16.2. The number of fused-ring (bicyclic) bond motifs is 1. The van der Waals surface area contributed by atoms with Gasteiger partial charge >= 0.3 is 0 Å². The fraction of sp³-hybridized carbons (Fsp3) is 0.529. The maximum atomic E-state index is 12.8. The molecule has 1 heterocycles. The highest BCUT2D eigenvalue weighted by Gasteiger charge is 2.36. The number of likely N-dealkylation sites (N-methyl/N-ethyl adjacent to an activating group) is 1. The zero-order valence-corrected chi connectivity index (χ0v) is 13.3. The van der Waals surface area contributed by atoms with Crippen molar-refractivity contribution in [2.75, 3.05) is 37.4 Å². The van der Waals surface area contributed by atoms with Gasteiger partial charge in [-0.15, -0.1) is 0 Å². The van der Waals surface area contributed by atoms with E-state index >= 15 is 0 Å². The van der Waals surface area contributed by atoms with Gasteiger partial charge in [-0.05, 0) is 37.8 Å². The number of amides is 2. The maximum Gasteiger partial charge on any atom is 0.282 e. The molecule has 2 aliphatic rings. The third kappa shape index (κ3) is 2.86. The van der Waals surface area contributed by atoms with Gasteiger partial charge in [-0.2, -0.15) is 0 Å². The lowest BCUT2D eigenvalue weighted by Crippen LogP contribution is -2.55. The smallest absolute Gasteiger partial charge is 0.282 e. The quantitative estimate of drug-likeness (QED) is 0.868. The first-order valence-electron chi connectivity index (χ1n) is 7.99. The molecule has 0 bridgehead atoms. The van der Waals surface area contributed by atoms with Gasteiger partial charge in [0.15, 0.2) is 6.54 Å². The molecule has 22 heavy (non-hydrogen) atoms. The van der Waals surface area contributed by atoms with Crippen LogP contribution in [0.4, 0.5) is 11.4 Å². The van der Waals surface area contributed by atoms with E-state index in [1.165, 1.54) is 25.7 Å². The fourth-order valence-electron chi connectivity index (χ4n) is 3.62. The Kier molecular flexibility index (Phi) is 3.91. The van der Waals surface area contributed by atoms with Crippen LogP contribution in [-0.4, -0.2) is 49.5 Å². The van der Waals surface area contributed by atoms with Gasteiger partial charge in [-0.3, -0.25) is 14.5 Å². The fourth-order valence-corrected chi connectivity index (χ4v) is 3.62. The number of nitrogens with one attached hydrogen (secondary N) is 1. The number of carbonyl (C=O) groups excluding carboxylic acids is 2. The highest BCUT2D eigenvalue weighted by Crippen LogP contribution is 2.30. The van der Waals surface area contributed by atoms with Crippen LogP contribution in [0.2, 0.25) is 0 Å². The van der Waals surface area contributed by atoms with E-state index in [-0.39, 0.29) is 18.4 Å². The van der Waals surface area contributed by atoms with E-state index in [0.29, 0.717) is 17.1 Å². The van der Waals surface area contributed by atoms with Crippen molar-refractivity contribution in [1.29, 1.82) is 0 Å². The number of para-hydroxylation sites is 2. The van der Waals surface area contributed by atoms with Crippen LogP contribution >= 0.6 is 0 Å². The summed E-state index contributed by atoms with van der Waals surface area (Å²) in [4.78, 5) is 26.3. The summed E-state index contributed by atoms with van der Waals surface area (Å²) in [5.41, 5.74) is 1.52. The van der Waals surface area contributed by atoms with Crippen molar-refractivity contribution < 1.29 is 14.1 Å². The molecule has 118 valence electrons. The van der Waals surface area contributed by atoms with Crippen molar-refractivity contribution in [3.63, 3.8) is 0 Å². The van der Waals surface area contributed by atoms with Gasteiger partial charge in [0.25, 0.3) is 5.91 Å². The summed E-state index contributed by atoms with van der Waals surface area (Å²) >= 11 is 0. The summed E-state index contributed by atoms with van der Waals surface area (Å²) in [5, 5.41) is 2.82. The molecule has 0 aromatic heterocycles. The van der Waals surface area contributed by atoms with Crippen molar-refractivity contribution in [2.24, 2.45) is 0 Å². The Hall–Kier alpha value is -1.88. The lowest BCUT2D eigenvalue weighted by molar-refractivity contribution is -0.906. The van der Waals surface area contributed by atoms with Gasteiger partial charge in [0.1, 0.15) is 6.54 Å². The van der Waals surface area contributed by atoms with Gasteiger partial charge in [-0.1, -0.05) is 12.1 Å². The molecule has 1 aromatic carbocycles. The zero-order valence-electron chi connectivity index (χ0n) is 13.3. The van der Waals surface area contributed by atoms with Gasteiger partial charge in [0.2, 0.25) is 5.91 Å². The number of quaternary nitrogens is 1.